The summed E-state index contributed by atoms with van der Waals surface area (Å²) in [5, 5.41) is 3.00. The maximum atomic E-state index is 13.3. The van der Waals surface area contributed by atoms with Crippen molar-refractivity contribution >= 4 is 11.6 Å². The van der Waals surface area contributed by atoms with Gasteiger partial charge in [-0.1, -0.05) is 6.07 Å². The van der Waals surface area contributed by atoms with Crippen LogP contribution in [-0.2, 0) is 29.0 Å². The van der Waals surface area contributed by atoms with Gasteiger partial charge in [0.1, 0.15) is 0 Å². The fourth-order valence-corrected chi connectivity index (χ4v) is 5.00. The maximum Gasteiger partial charge on any atom is 0.253 e. The number of aromatic amines is 1. The van der Waals surface area contributed by atoms with E-state index in [2.05, 4.69) is 28.2 Å². The average Bonchev–Trinajstić information content (AvgIpc) is 2.83. The van der Waals surface area contributed by atoms with Crippen molar-refractivity contribution in [3.63, 3.8) is 0 Å². The number of aryl methyl sites for hydroxylation is 1. The molecular weight excluding hydrogens is 418 g/mol. The van der Waals surface area contributed by atoms with E-state index in [0.29, 0.717) is 30.4 Å². The topological polar surface area (TPSA) is 83.7 Å². The number of aromatic nitrogens is 1. The second kappa shape index (κ2) is 11.0. The Labute approximate surface area is 195 Å². The first-order valence-electron chi connectivity index (χ1n) is 12.1. The number of fused-ring (bicyclic) bond motifs is 2. The van der Waals surface area contributed by atoms with Crippen molar-refractivity contribution in [3.8, 4) is 0 Å². The molecule has 1 aromatic carbocycles. The molecule has 1 amide bonds. The minimum Gasteiger partial charge on any atom is -0.381 e. The average molecular weight is 454 g/mol. The molecule has 1 fully saturated rings. The highest BCUT2D eigenvalue weighted by atomic mass is 16.5. The summed E-state index contributed by atoms with van der Waals surface area (Å²) in [6.45, 7) is 7.65. The molecule has 0 unspecified atom stereocenters. The van der Waals surface area contributed by atoms with E-state index in [1.165, 1.54) is 0 Å². The molecular formula is C26H35N3O4. The van der Waals surface area contributed by atoms with Crippen molar-refractivity contribution in [2.24, 2.45) is 0 Å². The van der Waals surface area contributed by atoms with E-state index in [0.717, 1.165) is 74.4 Å². The Kier molecular flexibility index (Phi) is 7.83. The zero-order valence-corrected chi connectivity index (χ0v) is 19.7. The SMILES string of the molecule is CCN(c1cccc2c1CCCCOCc1cc(C)[nH]c(=O)c1CNC2=O)C1CCOCC1. The van der Waals surface area contributed by atoms with Gasteiger partial charge in [0.25, 0.3) is 11.5 Å². The number of anilines is 1. The molecule has 0 aliphatic carbocycles. The van der Waals surface area contributed by atoms with Crippen LogP contribution in [0.2, 0.25) is 0 Å². The molecule has 2 aliphatic heterocycles. The lowest BCUT2D eigenvalue weighted by Crippen LogP contribution is -2.40. The first-order chi connectivity index (χ1) is 16.1. The van der Waals surface area contributed by atoms with Crippen molar-refractivity contribution in [1.29, 1.82) is 0 Å². The van der Waals surface area contributed by atoms with Crippen LogP contribution in [0, 0.1) is 6.92 Å². The lowest BCUT2D eigenvalue weighted by atomic mass is 9.96. The highest BCUT2D eigenvalue weighted by Gasteiger charge is 2.25. The molecule has 7 heteroatoms. The van der Waals surface area contributed by atoms with E-state index in [9.17, 15) is 9.59 Å². The summed E-state index contributed by atoms with van der Waals surface area (Å²) in [6, 6.07) is 8.37. The predicted molar refractivity (Wildman–Crippen MR) is 129 cm³/mol. The quantitative estimate of drug-likeness (QED) is 0.744. The Balaban J connectivity index is 1.68. The Bertz CT molecular complexity index is 1030. The smallest absolute Gasteiger partial charge is 0.253 e. The molecule has 0 atom stereocenters. The summed E-state index contributed by atoms with van der Waals surface area (Å²) in [4.78, 5) is 31.2. The summed E-state index contributed by atoms with van der Waals surface area (Å²) >= 11 is 0. The lowest BCUT2D eigenvalue weighted by molar-refractivity contribution is 0.0845. The second-order valence-corrected chi connectivity index (χ2v) is 8.91. The number of pyridine rings is 1. The molecule has 0 saturated carbocycles. The third kappa shape index (κ3) is 5.47. The number of nitrogens with one attached hydrogen (secondary N) is 2. The van der Waals surface area contributed by atoms with E-state index in [4.69, 9.17) is 9.47 Å². The predicted octanol–water partition coefficient (Wildman–Crippen LogP) is 3.47. The van der Waals surface area contributed by atoms with Crippen molar-refractivity contribution in [3.05, 3.63) is 62.6 Å². The number of benzene rings is 1. The number of hydrogen-bond donors (Lipinski definition) is 2. The minimum atomic E-state index is -0.172. The Hall–Kier alpha value is -2.64. The molecule has 7 nitrogen and oxygen atoms in total. The van der Waals surface area contributed by atoms with Gasteiger partial charge in [-0.3, -0.25) is 9.59 Å². The lowest BCUT2D eigenvalue weighted by Gasteiger charge is -2.37. The van der Waals surface area contributed by atoms with Crippen LogP contribution in [0.3, 0.4) is 0 Å². The first-order valence-corrected chi connectivity index (χ1v) is 12.1. The van der Waals surface area contributed by atoms with Crippen LogP contribution in [0.25, 0.3) is 0 Å². The van der Waals surface area contributed by atoms with Crippen molar-refractivity contribution in [2.75, 3.05) is 31.3 Å². The Morgan fingerprint density at radius 2 is 1.88 bits per heavy atom. The second-order valence-electron chi connectivity index (χ2n) is 8.91. The van der Waals surface area contributed by atoms with Crippen molar-refractivity contribution in [1.82, 2.24) is 10.3 Å². The van der Waals surface area contributed by atoms with E-state index < -0.39 is 0 Å². The van der Waals surface area contributed by atoms with Gasteiger partial charge in [0, 0.05) is 61.5 Å². The number of amides is 1. The fourth-order valence-electron chi connectivity index (χ4n) is 5.00. The molecule has 33 heavy (non-hydrogen) atoms. The number of ether oxygens (including phenoxy) is 2. The van der Waals surface area contributed by atoms with Crippen LogP contribution >= 0.6 is 0 Å². The molecule has 1 aromatic heterocycles. The summed E-state index contributed by atoms with van der Waals surface area (Å²) < 4.78 is 11.5. The maximum absolute atomic E-state index is 13.3. The van der Waals surface area contributed by atoms with E-state index in [-0.39, 0.29) is 18.0 Å². The van der Waals surface area contributed by atoms with Gasteiger partial charge in [-0.05, 0) is 75.3 Å². The van der Waals surface area contributed by atoms with Crippen LogP contribution < -0.4 is 15.8 Å². The van der Waals surface area contributed by atoms with Crippen LogP contribution in [0.5, 0.6) is 0 Å². The number of rotatable bonds is 3. The summed E-state index contributed by atoms with van der Waals surface area (Å²) in [5.74, 6) is -0.138. The zero-order chi connectivity index (χ0) is 23.2. The first kappa shape index (κ1) is 23.5. The van der Waals surface area contributed by atoms with Crippen LogP contribution in [0.1, 0.15) is 65.3 Å². The van der Waals surface area contributed by atoms with Gasteiger partial charge in [-0.2, -0.15) is 0 Å². The number of carbonyl (C=O) groups excluding carboxylic acids is 1. The normalized spacial score (nSPS) is 18.2. The van der Waals surface area contributed by atoms with Gasteiger partial charge < -0.3 is 24.7 Å². The highest BCUT2D eigenvalue weighted by molar-refractivity contribution is 5.97. The summed E-state index contributed by atoms with van der Waals surface area (Å²) in [5.41, 5.74) is 4.94. The van der Waals surface area contributed by atoms with Crippen molar-refractivity contribution in [2.45, 2.75) is 65.1 Å². The molecule has 3 heterocycles. The van der Waals surface area contributed by atoms with Gasteiger partial charge in [0.05, 0.1) is 6.61 Å². The molecule has 2 aliphatic rings. The third-order valence-corrected chi connectivity index (χ3v) is 6.69. The van der Waals surface area contributed by atoms with Gasteiger partial charge in [0.15, 0.2) is 0 Å². The minimum absolute atomic E-state index is 0.138. The molecule has 0 bridgehead atoms. The van der Waals surface area contributed by atoms with Gasteiger partial charge in [-0.15, -0.1) is 0 Å². The fraction of sp³-hybridized carbons (Fsp3) is 0.538. The molecule has 4 rings (SSSR count). The van der Waals surface area contributed by atoms with Crippen LogP contribution in [0.4, 0.5) is 5.69 Å². The molecule has 0 spiro atoms. The molecule has 0 radical (unpaired) electrons. The molecule has 178 valence electrons. The Morgan fingerprint density at radius 1 is 1.06 bits per heavy atom. The van der Waals surface area contributed by atoms with E-state index >= 15 is 0 Å². The number of carbonyl (C=O) groups is 1. The number of hydrogen-bond acceptors (Lipinski definition) is 5. The monoisotopic (exact) mass is 453 g/mol. The van der Waals surface area contributed by atoms with Crippen LogP contribution in [-0.4, -0.2) is 43.3 Å². The van der Waals surface area contributed by atoms with Gasteiger partial charge >= 0.3 is 0 Å². The van der Waals surface area contributed by atoms with E-state index in [1.54, 1.807) is 0 Å². The Morgan fingerprint density at radius 3 is 2.67 bits per heavy atom. The molecule has 2 aromatic rings. The highest BCUT2D eigenvalue weighted by Crippen LogP contribution is 2.30. The van der Waals surface area contributed by atoms with Crippen molar-refractivity contribution < 1.29 is 14.3 Å². The summed E-state index contributed by atoms with van der Waals surface area (Å²) in [7, 11) is 0. The molecule has 1 saturated heterocycles. The summed E-state index contributed by atoms with van der Waals surface area (Å²) in [6.07, 6.45) is 4.64. The van der Waals surface area contributed by atoms with E-state index in [1.807, 2.05) is 25.1 Å². The largest absolute Gasteiger partial charge is 0.381 e. The number of H-pyrrole nitrogens is 1. The molecule has 2 N–H and O–H groups in total. The van der Waals surface area contributed by atoms with Gasteiger partial charge in [0.2, 0.25) is 0 Å². The zero-order valence-electron chi connectivity index (χ0n) is 19.7. The van der Waals surface area contributed by atoms with Gasteiger partial charge in [-0.25, -0.2) is 0 Å². The standard InChI is InChI=1S/C26H35N3O4/c1-3-29(20-10-13-32-14-11-20)24-9-6-8-22-21(24)7-4-5-12-33-17-19-15-18(2)28-26(31)23(19)16-27-25(22)30/h6,8-9,15,20H,3-5,7,10-14,16-17H2,1-2H3,(H,27,30)(H,28,31). The van der Waals surface area contributed by atoms with Crippen LogP contribution in [0.15, 0.2) is 29.1 Å². The number of nitrogens with zero attached hydrogens (tertiary/aromatic N) is 1. The third-order valence-electron chi connectivity index (χ3n) is 6.69.